The Kier molecular flexibility index (Phi) is 5.80. The predicted octanol–water partition coefficient (Wildman–Crippen LogP) is 0.675. The second-order valence-corrected chi connectivity index (χ2v) is 11.3. The maximum Gasteiger partial charge on any atom is 0.336 e. The van der Waals surface area contributed by atoms with E-state index < -0.39 is 63.5 Å². The molecule has 2 aromatic carbocycles. The molecule has 1 heterocycles. The number of carboxylic acid groups (broad SMARTS) is 2. The molecule has 0 radical (unpaired) electrons. The number of hydrogen-bond acceptors (Lipinski definition) is 9. The van der Waals surface area contributed by atoms with Gasteiger partial charge in [0.2, 0.25) is 5.36 Å². The van der Waals surface area contributed by atoms with Gasteiger partial charge in [-0.15, -0.1) is 0 Å². The Balaban J connectivity index is 2.37. The summed E-state index contributed by atoms with van der Waals surface area (Å²) in [5.74, 6) is -3.55. The molecule has 0 spiro atoms. The van der Waals surface area contributed by atoms with Crippen molar-refractivity contribution in [3.8, 4) is 22.5 Å². The van der Waals surface area contributed by atoms with Crippen LogP contribution in [0.5, 0.6) is 0 Å². The Labute approximate surface area is 206 Å². The molecule has 4 rings (SSSR count). The van der Waals surface area contributed by atoms with Crippen molar-refractivity contribution >= 4 is 58.4 Å². The zero-order valence-electron chi connectivity index (χ0n) is 17.6. The highest BCUT2D eigenvalue weighted by Crippen LogP contribution is 2.46. The molecular weight excluding hydrogens is 540 g/mol. The Hall–Kier alpha value is -3.98. The Morgan fingerprint density at radius 2 is 1.58 bits per heavy atom. The highest BCUT2D eigenvalue weighted by atomic mass is 35.7. The van der Waals surface area contributed by atoms with Gasteiger partial charge in [-0.1, -0.05) is 6.07 Å². The number of anilines is 1. The van der Waals surface area contributed by atoms with Crippen molar-refractivity contribution in [2.75, 3.05) is 5.73 Å². The lowest BCUT2D eigenvalue weighted by atomic mass is 9.89. The van der Waals surface area contributed by atoms with Gasteiger partial charge >= 0.3 is 11.9 Å². The maximum atomic E-state index is 12.4. The van der Waals surface area contributed by atoms with Crippen LogP contribution in [0.15, 0.2) is 56.7 Å². The summed E-state index contributed by atoms with van der Waals surface area (Å²) in [6, 6.07) is 7.81. The van der Waals surface area contributed by atoms with Crippen molar-refractivity contribution in [3.05, 3.63) is 58.9 Å². The van der Waals surface area contributed by atoms with Crippen LogP contribution in [0.1, 0.15) is 20.7 Å². The van der Waals surface area contributed by atoms with Crippen molar-refractivity contribution in [3.63, 3.8) is 0 Å². The third kappa shape index (κ3) is 4.05. The Morgan fingerprint density at radius 1 is 0.944 bits per heavy atom. The minimum atomic E-state index is -5.31. The van der Waals surface area contributed by atoms with E-state index in [1.807, 2.05) is 0 Å². The van der Waals surface area contributed by atoms with Crippen LogP contribution >= 0.6 is 10.7 Å². The second kappa shape index (κ2) is 8.30. The van der Waals surface area contributed by atoms with E-state index in [0.717, 1.165) is 30.3 Å². The number of benzene rings is 3. The highest BCUT2D eigenvalue weighted by molar-refractivity contribution is 8.13. The monoisotopic (exact) mass is 552 g/mol. The number of aromatic carboxylic acids is 2. The number of rotatable bonds is 5. The van der Waals surface area contributed by atoms with Crippen LogP contribution in [-0.2, 0) is 19.2 Å². The van der Waals surface area contributed by atoms with Gasteiger partial charge in [-0.05, 0) is 35.9 Å². The van der Waals surface area contributed by atoms with Crippen LogP contribution in [-0.4, -0.2) is 43.5 Å². The number of nitrogen functional groups attached to an aromatic ring is 1. The van der Waals surface area contributed by atoms with E-state index in [2.05, 4.69) is 0 Å². The van der Waals surface area contributed by atoms with Crippen LogP contribution in [0.25, 0.3) is 33.4 Å². The van der Waals surface area contributed by atoms with Crippen LogP contribution in [0, 0.1) is 0 Å². The third-order valence-corrected chi connectivity index (χ3v) is 7.58. The molecule has 0 saturated heterocycles. The first kappa shape index (κ1) is 25.1. The Morgan fingerprint density at radius 3 is 2.14 bits per heavy atom. The average Bonchev–Trinajstić information content (AvgIpc) is 2.74. The molecule has 0 bridgehead atoms. The van der Waals surface area contributed by atoms with Crippen LogP contribution in [0.4, 0.5) is 5.69 Å². The van der Waals surface area contributed by atoms with E-state index in [0.29, 0.717) is 0 Å². The molecule has 0 unspecified atom stereocenters. The quantitative estimate of drug-likeness (QED) is 0.116. The van der Waals surface area contributed by atoms with Gasteiger partial charge < -0.3 is 24.9 Å². The van der Waals surface area contributed by atoms with Crippen LogP contribution in [0.2, 0.25) is 0 Å². The summed E-state index contributed by atoms with van der Waals surface area (Å²) in [6.45, 7) is 0. The standard InChI is InChI=1S/C21H13ClN2O10S2/c22-35(29,30)18-13(23)5-3-10-15(9-2-1-8(20(25)26)7-12(9)21(27)28)11-4-6-14(24)19(36(31,32)33)17(11)34-16(10)18/h1-7,23H,24H2,(H,25,26)(H,27,28)(H,31,32,33). The molecule has 2 aromatic rings. The van der Waals surface area contributed by atoms with Gasteiger partial charge in [-0.2, -0.15) is 0 Å². The number of halogens is 1. The first-order valence-electron chi connectivity index (χ1n) is 9.55. The summed E-state index contributed by atoms with van der Waals surface area (Å²) in [7, 11) is -4.38. The van der Waals surface area contributed by atoms with E-state index in [4.69, 9.17) is 26.2 Å². The summed E-state index contributed by atoms with van der Waals surface area (Å²) < 4.78 is 66.5. The first-order chi connectivity index (χ1) is 16.6. The minimum Gasteiger partial charge on any atom is -0.744 e. The predicted molar refractivity (Wildman–Crippen MR) is 123 cm³/mol. The molecule has 15 heteroatoms. The van der Waals surface area contributed by atoms with Gasteiger partial charge in [-0.25, -0.2) is 26.4 Å². The number of hydrogen-bond donors (Lipinski definition) is 4. The summed E-state index contributed by atoms with van der Waals surface area (Å²) in [6.07, 6.45) is 0. The fourth-order valence-corrected chi connectivity index (χ4v) is 5.81. The summed E-state index contributed by atoms with van der Waals surface area (Å²) in [4.78, 5) is 21.7. The zero-order valence-corrected chi connectivity index (χ0v) is 19.9. The number of carbonyl (C=O) groups is 2. The average molecular weight is 553 g/mol. The largest absolute Gasteiger partial charge is 0.744 e. The summed E-state index contributed by atoms with van der Waals surface area (Å²) in [5, 5.41) is 24.4. The van der Waals surface area contributed by atoms with E-state index >= 15 is 0 Å². The van der Waals surface area contributed by atoms with Gasteiger partial charge in [0, 0.05) is 33.3 Å². The van der Waals surface area contributed by atoms with Crippen molar-refractivity contribution in [2.24, 2.45) is 0 Å². The lowest BCUT2D eigenvalue weighted by Crippen LogP contribution is -2.47. The van der Waals surface area contributed by atoms with E-state index in [1.165, 1.54) is 12.1 Å². The second-order valence-electron chi connectivity index (χ2n) is 7.46. The molecule has 0 fully saturated rings. The molecule has 186 valence electrons. The molecule has 0 aromatic heterocycles. The summed E-state index contributed by atoms with van der Waals surface area (Å²) in [5.41, 5.74) is 3.28. The number of nitrogens with two attached hydrogens (primary N) is 2. The van der Waals surface area contributed by atoms with E-state index in [1.54, 1.807) is 0 Å². The molecule has 0 atom stereocenters. The summed E-state index contributed by atoms with van der Waals surface area (Å²) >= 11 is 0. The fraction of sp³-hybridized carbons (Fsp3) is 0. The van der Waals surface area contributed by atoms with Crippen molar-refractivity contribution in [1.29, 1.82) is 0 Å². The highest BCUT2D eigenvalue weighted by Gasteiger charge is 2.32. The molecule has 2 aliphatic rings. The normalized spacial score (nSPS) is 12.2. The van der Waals surface area contributed by atoms with E-state index in [-0.39, 0.29) is 33.0 Å². The van der Waals surface area contributed by atoms with Gasteiger partial charge in [0.25, 0.3) is 9.05 Å². The van der Waals surface area contributed by atoms with E-state index in [9.17, 15) is 41.2 Å². The molecule has 1 aliphatic heterocycles. The van der Waals surface area contributed by atoms with Gasteiger partial charge in [0.15, 0.2) is 16.2 Å². The first-order valence-corrected chi connectivity index (χ1v) is 13.3. The molecular formula is C21H13ClN2O10S2. The SMILES string of the molecule is Nc1ccc2c(-c3ccc(C(=O)O)cc3C(=O)O)c3ccc(=[NH2+])c(S(=O)(=O)Cl)c-3oc2c1S(=O)(=O)[O-]. The fourth-order valence-electron chi connectivity index (χ4n) is 3.87. The minimum absolute atomic E-state index is 0.0829. The third-order valence-electron chi connectivity index (χ3n) is 5.29. The molecule has 0 amide bonds. The van der Waals surface area contributed by atoms with Crippen LogP contribution < -0.4 is 16.5 Å². The van der Waals surface area contributed by atoms with Crippen molar-refractivity contribution in [1.82, 2.24) is 0 Å². The lowest BCUT2D eigenvalue weighted by Gasteiger charge is -2.20. The smallest absolute Gasteiger partial charge is 0.336 e. The molecule has 12 nitrogen and oxygen atoms in total. The lowest BCUT2D eigenvalue weighted by molar-refractivity contribution is -0.176. The topological polar surface area (TPSA) is 231 Å². The Bertz CT molecular complexity index is 1880. The molecule has 0 saturated carbocycles. The number of fused-ring (bicyclic) bond motifs is 2. The van der Waals surface area contributed by atoms with Gasteiger partial charge in [0.05, 0.1) is 16.8 Å². The molecule has 1 aliphatic carbocycles. The molecule has 6 N–H and O–H groups in total. The van der Waals surface area contributed by atoms with Crippen molar-refractivity contribution in [2.45, 2.75) is 9.79 Å². The van der Waals surface area contributed by atoms with Crippen molar-refractivity contribution < 1.29 is 51.0 Å². The van der Waals surface area contributed by atoms with Crippen LogP contribution in [0.3, 0.4) is 0 Å². The van der Waals surface area contributed by atoms with Gasteiger partial charge in [0.1, 0.15) is 15.0 Å². The maximum absolute atomic E-state index is 12.4. The van der Waals surface area contributed by atoms with Gasteiger partial charge in [-0.3, -0.25) is 5.41 Å². The number of carboxylic acids is 2. The zero-order chi connectivity index (χ0) is 26.7. The molecule has 36 heavy (non-hydrogen) atoms.